The van der Waals surface area contributed by atoms with E-state index in [-0.39, 0.29) is 0 Å². The van der Waals surface area contributed by atoms with Crippen LogP contribution in [0.2, 0.25) is 0 Å². The Morgan fingerprint density at radius 2 is 2.00 bits per heavy atom. The maximum atomic E-state index is 5.73. The number of benzene rings is 2. The van der Waals surface area contributed by atoms with Gasteiger partial charge in [-0.15, -0.1) is 0 Å². The van der Waals surface area contributed by atoms with E-state index in [9.17, 15) is 0 Å². The van der Waals surface area contributed by atoms with Gasteiger partial charge in [0.1, 0.15) is 12.4 Å². The van der Waals surface area contributed by atoms with Crippen LogP contribution < -0.4 is 15.0 Å². The fraction of sp³-hybridized carbons (Fsp3) is 0.286. The summed E-state index contributed by atoms with van der Waals surface area (Å²) in [6.45, 7) is 4.54. The molecular formula is C21H24N4O. The Morgan fingerprint density at radius 3 is 2.81 bits per heavy atom. The molecule has 2 heterocycles. The molecule has 5 heteroatoms. The Hall–Kier alpha value is -2.95. The number of aryl methyl sites for hydroxylation is 2. The van der Waals surface area contributed by atoms with E-state index >= 15 is 0 Å². The molecule has 0 amide bonds. The molecule has 0 saturated heterocycles. The van der Waals surface area contributed by atoms with Crippen LogP contribution in [-0.4, -0.2) is 30.0 Å². The number of aromatic nitrogens is 2. The quantitative estimate of drug-likeness (QED) is 0.778. The first-order valence-corrected chi connectivity index (χ1v) is 8.91. The predicted molar refractivity (Wildman–Crippen MR) is 106 cm³/mol. The van der Waals surface area contributed by atoms with Gasteiger partial charge in [-0.05, 0) is 42.8 Å². The van der Waals surface area contributed by atoms with Crippen molar-refractivity contribution in [1.29, 1.82) is 0 Å². The Balaban J connectivity index is 1.59. The summed E-state index contributed by atoms with van der Waals surface area (Å²) in [6.07, 6.45) is 1.84. The van der Waals surface area contributed by atoms with Gasteiger partial charge < -0.3 is 15.0 Å². The van der Waals surface area contributed by atoms with Gasteiger partial charge in [-0.25, -0.2) is 0 Å². The van der Waals surface area contributed by atoms with Gasteiger partial charge in [0.2, 0.25) is 0 Å². The zero-order chi connectivity index (χ0) is 18.1. The van der Waals surface area contributed by atoms with Crippen LogP contribution in [-0.2, 0) is 13.6 Å². The average Bonchev–Trinajstić information content (AvgIpc) is 3.07. The Labute approximate surface area is 154 Å². The second-order valence-electron chi connectivity index (χ2n) is 6.81. The predicted octanol–water partition coefficient (Wildman–Crippen LogP) is 3.84. The smallest absolute Gasteiger partial charge is 0.142 e. The maximum Gasteiger partial charge on any atom is 0.142 e. The lowest BCUT2D eigenvalue weighted by Crippen LogP contribution is -2.28. The molecule has 0 spiro atoms. The molecule has 0 saturated carbocycles. The zero-order valence-corrected chi connectivity index (χ0v) is 15.5. The number of fused-ring (bicyclic) bond motifs is 1. The molecule has 0 bridgehead atoms. The van der Waals surface area contributed by atoms with Crippen molar-refractivity contribution in [3.05, 3.63) is 59.8 Å². The molecule has 26 heavy (non-hydrogen) atoms. The highest BCUT2D eigenvalue weighted by molar-refractivity contribution is 5.68. The van der Waals surface area contributed by atoms with Crippen molar-refractivity contribution in [3.8, 4) is 17.0 Å². The number of hydrogen-bond donors (Lipinski definition) is 1. The number of ether oxygens (including phenoxy) is 1. The first-order chi connectivity index (χ1) is 12.6. The molecule has 1 N–H and O–H groups in total. The number of likely N-dealkylation sites (N-methyl/N-ethyl adjacent to an activating group) is 1. The molecule has 2 aromatic carbocycles. The van der Waals surface area contributed by atoms with Crippen molar-refractivity contribution < 1.29 is 4.74 Å². The Kier molecular flexibility index (Phi) is 4.29. The van der Waals surface area contributed by atoms with E-state index in [1.165, 1.54) is 16.7 Å². The van der Waals surface area contributed by atoms with Crippen LogP contribution in [0.1, 0.15) is 11.1 Å². The molecule has 0 unspecified atom stereocenters. The third-order valence-corrected chi connectivity index (χ3v) is 4.90. The fourth-order valence-electron chi connectivity index (χ4n) is 3.38. The molecule has 5 nitrogen and oxygen atoms in total. The molecule has 0 radical (unpaired) electrons. The summed E-state index contributed by atoms with van der Waals surface area (Å²) < 4.78 is 7.65. The van der Waals surface area contributed by atoms with Crippen molar-refractivity contribution in [2.75, 3.05) is 30.4 Å². The van der Waals surface area contributed by atoms with E-state index in [4.69, 9.17) is 4.74 Å². The van der Waals surface area contributed by atoms with E-state index < -0.39 is 0 Å². The van der Waals surface area contributed by atoms with E-state index in [0.717, 1.165) is 42.5 Å². The lowest BCUT2D eigenvalue weighted by atomic mass is 10.0. The number of anilines is 2. The fourth-order valence-corrected chi connectivity index (χ4v) is 3.38. The van der Waals surface area contributed by atoms with E-state index in [0.29, 0.717) is 0 Å². The van der Waals surface area contributed by atoms with Gasteiger partial charge in [-0.3, -0.25) is 4.68 Å². The third-order valence-electron chi connectivity index (χ3n) is 4.90. The molecule has 0 aliphatic carbocycles. The van der Waals surface area contributed by atoms with Crippen LogP contribution in [0.4, 0.5) is 11.4 Å². The second-order valence-corrected chi connectivity index (χ2v) is 6.81. The van der Waals surface area contributed by atoms with Gasteiger partial charge in [0.05, 0.1) is 17.9 Å². The van der Waals surface area contributed by atoms with Gasteiger partial charge in [0, 0.05) is 38.1 Å². The first kappa shape index (κ1) is 16.5. The van der Waals surface area contributed by atoms with Crippen LogP contribution in [0.5, 0.6) is 5.75 Å². The lowest BCUT2D eigenvalue weighted by Gasteiger charge is -2.28. The number of nitrogens with one attached hydrogen (secondary N) is 1. The first-order valence-electron chi connectivity index (χ1n) is 8.91. The summed E-state index contributed by atoms with van der Waals surface area (Å²) in [5.74, 6) is 0.954. The monoisotopic (exact) mass is 348 g/mol. The second kappa shape index (κ2) is 6.75. The van der Waals surface area contributed by atoms with Gasteiger partial charge in [0.25, 0.3) is 0 Å². The summed E-state index contributed by atoms with van der Waals surface area (Å²) in [7, 11) is 4.08. The van der Waals surface area contributed by atoms with Crippen molar-refractivity contribution in [2.45, 2.75) is 13.5 Å². The molecule has 1 aromatic heterocycles. The molecule has 1 aliphatic heterocycles. The number of rotatable bonds is 4. The highest BCUT2D eigenvalue weighted by Crippen LogP contribution is 2.33. The summed E-state index contributed by atoms with van der Waals surface area (Å²) in [5.41, 5.74) is 7.08. The van der Waals surface area contributed by atoms with Crippen LogP contribution in [0, 0.1) is 6.92 Å². The summed E-state index contributed by atoms with van der Waals surface area (Å²) >= 11 is 0. The maximum absolute atomic E-state index is 5.73. The molecule has 3 aromatic rings. The van der Waals surface area contributed by atoms with Crippen molar-refractivity contribution >= 4 is 11.4 Å². The SMILES string of the molecule is Cc1ccc(CNc2ccc3c(c2)N(C)CCO3)c(-c2ccnn2C)c1. The Bertz CT molecular complexity index is 932. The molecule has 134 valence electrons. The summed E-state index contributed by atoms with van der Waals surface area (Å²) in [6, 6.07) is 14.9. The topological polar surface area (TPSA) is 42.3 Å². The van der Waals surface area contributed by atoms with Crippen LogP contribution in [0.15, 0.2) is 48.7 Å². The largest absolute Gasteiger partial charge is 0.490 e. The minimum atomic E-state index is 0.744. The van der Waals surface area contributed by atoms with Gasteiger partial charge >= 0.3 is 0 Å². The normalized spacial score (nSPS) is 13.3. The van der Waals surface area contributed by atoms with Crippen molar-refractivity contribution in [1.82, 2.24) is 9.78 Å². The standard InChI is InChI=1S/C21H24N4O/c1-15-4-5-16(18(12-15)19-8-9-23-25(19)3)14-22-17-6-7-21-20(13-17)24(2)10-11-26-21/h4-9,12-13,22H,10-11,14H2,1-3H3. The van der Waals surface area contributed by atoms with Gasteiger partial charge in [-0.1, -0.05) is 17.7 Å². The number of nitrogens with zero attached hydrogens (tertiary/aromatic N) is 3. The van der Waals surface area contributed by atoms with Crippen LogP contribution in [0.3, 0.4) is 0 Å². The molecule has 4 rings (SSSR count). The van der Waals surface area contributed by atoms with E-state index in [1.807, 2.05) is 24.0 Å². The Morgan fingerprint density at radius 1 is 1.12 bits per heavy atom. The summed E-state index contributed by atoms with van der Waals surface area (Å²) in [4.78, 5) is 2.23. The van der Waals surface area contributed by atoms with Gasteiger partial charge in [-0.2, -0.15) is 5.10 Å². The minimum Gasteiger partial charge on any atom is -0.490 e. The van der Waals surface area contributed by atoms with Crippen LogP contribution >= 0.6 is 0 Å². The molecule has 0 fully saturated rings. The van der Waals surface area contributed by atoms with Gasteiger partial charge in [0.15, 0.2) is 0 Å². The molecule has 0 atom stereocenters. The number of hydrogen-bond acceptors (Lipinski definition) is 4. The summed E-state index contributed by atoms with van der Waals surface area (Å²) in [5, 5.41) is 7.88. The van der Waals surface area contributed by atoms with Crippen LogP contribution in [0.25, 0.3) is 11.3 Å². The minimum absolute atomic E-state index is 0.744. The van der Waals surface area contributed by atoms with E-state index in [2.05, 4.69) is 65.7 Å². The average molecular weight is 348 g/mol. The third kappa shape index (κ3) is 3.12. The molecular weight excluding hydrogens is 324 g/mol. The van der Waals surface area contributed by atoms with Crippen molar-refractivity contribution in [2.24, 2.45) is 7.05 Å². The van der Waals surface area contributed by atoms with E-state index in [1.54, 1.807) is 0 Å². The highest BCUT2D eigenvalue weighted by Gasteiger charge is 2.15. The van der Waals surface area contributed by atoms with Crippen molar-refractivity contribution in [3.63, 3.8) is 0 Å². The zero-order valence-electron chi connectivity index (χ0n) is 15.5. The molecule has 1 aliphatic rings. The lowest BCUT2D eigenvalue weighted by molar-refractivity contribution is 0.311. The highest BCUT2D eigenvalue weighted by atomic mass is 16.5.